The van der Waals surface area contributed by atoms with Gasteiger partial charge in [0.15, 0.2) is 6.61 Å². The molecule has 1 amide bonds. The topological polar surface area (TPSA) is 77.2 Å². The molecule has 0 saturated heterocycles. The fourth-order valence-corrected chi connectivity index (χ4v) is 2.65. The van der Waals surface area contributed by atoms with Crippen molar-refractivity contribution in [1.29, 1.82) is 0 Å². The third-order valence-corrected chi connectivity index (χ3v) is 4.02. The molecule has 6 heteroatoms. The Labute approximate surface area is 161 Å². The maximum atomic E-state index is 12.5. The molecule has 4 aromatic rings. The molecular weight excluding hydrogens is 354 g/mol. The summed E-state index contributed by atoms with van der Waals surface area (Å²) in [5.74, 6) is 1.25. The van der Waals surface area contributed by atoms with Crippen LogP contribution in [-0.4, -0.2) is 16.0 Å². The standard InChI is InChI=1S/C22H17N3O3/c26-21(16-9-3-1-4-10-16)23-19-14-8-7-13-18(19)22-24-20(25-28-22)15-27-17-11-5-2-6-12-17/h1-14H,15H2,(H,23,26). The molecular formula is C22H17N3O3. The van der Waals surface area contributed by atoms with Crippen molar-refractivity contribution >= 4 is 11.6 Å². The van der Waals surface area contributed by atoms with Crippen molar-refractivity contribution in [3.05, 3.63) is 96.3 Å². The number of hydrogen-bond donors (Lipinski definition) is 1. The van der Waals surface area contributed by atoms with E-state index in [0.29, 0.717) is 28.5 Å². The molecule has 0 spiro atoms. The van der Waals surface area contributed by atoms with E-state index >= 15 is 0 Å². The first-order chi connectivity index (χ1) is 13.8. The van der Waals surface area contributed by atoms with Crippen molar-refractivity contribution in [1.82, 2.24) is 10.1 Å². The maximum absolute atomic E-state index is 12.5. The highest BCUT2D eigenvalue weighted by atomic mass is 16.5. The second kappa shape index (κ2) is 8.18. The van der Waals surface area contributed by atoms with Crippen molar-refractivity contribution in [2.45, 2.75) is 6.61 Å². The summed E-state index contributed by atoms with van der Waals surface area (Å²) >= 11 is 0. The number of anilines is 1. The fraction of sp³-hybridized carbons (Fsp3) is 0.0455. The highest BCUT2D eigenvalue weighted by molar-refractivity contribution is 6.05. The second-order valence-corrected chi connectivity index (χ2v) is 5.98. The van der Waals surface area contributed by atoms with Crippen LogP contribution in [0, 0.1) is 0 Å². The first-order valence-corrected chi connectivity index (χ1v) is 8.76. The van der Waals surface area contributed by atoms with Crippen LogP contribution in [0.15, 0.2) is 89.5 Å². The summed E-state index contributed by atoms with van der Waals surface area (Å²) in [6, 6.07) is 25.7. The predicted octanol–water partition coefficient (Wildman–Crippen LogP) is 4.57. The van der Waals surface area contributed by atoms with Crippen LogP contribution in [-0.2, 0) is 6.61 Å². The monoisotopic (exact) mass is 371 g/mol. The van der Waals surface area contributed by atoms with Crippen LogP contribution in [0.3, 0.4) is 0 Å². The SMILES string of the molecule is O=C(Nc1ccccc1-c1nc(COc2ccccc2)no1)c1ccccc1. The lowest BCUT2D eigenvalue weighted by Crippen LogP contribution is -2.12. The van der Waals surface area contributed by atoms with E-state index in [9.17, 15) is 4.79 Å². The molecule has 0 aliphatic heterocycles. The van der Waals surface area contributed by atoms with E-state index in [4.69, 9.17) is 9.26 Å². The molecule has 1 heterocycles. The van der Waals surface area contributed by atoms with Crippen LogP contribution in [0.2, 0.25) is 0 Å². The van der Waals surface area contributed by atoms with Crippen molar-refractivity contribution in [3.8, 4) is 17.2 Å². The molecule has 0 atom stereocenters. The molecule has 0 fully saturated rings. The van der Waals surface area contributed by atoms with E-state index < -0.39 is 0 Å². The Morgan fingerprint density at radius 1 is 0.893 bits per heavy atom. The second-order valence-electron chi connectivity index (χ2n) is 5.98. The van der Waals surface area contributed by atoms with Crippen LogP contribution in [0.1, 0.15) is 16.2 Å². The lowest BCUT2D eigenvalue weighted by Gasteiger charge is -2.08. The zero-order valence-electron chi connectivity index (χ0n) is 14.9. The summed E-state index contributed by atoms with van der Waals surface area (Å²) in [5.41, 5.74) is 1.81. The normalized spacial score (nSPS) is 10.4. The summed E-state index contributed by atoms with van der Waals surface area (Å²) < 4.78 is 11.0. The van der Waals surface area contributed by atoms with Gasteiger partial charge in [-0.05, 0) is 36.4 Å². The molecule has 3 aromatic carbocycles. The van der Waals surface area contributed by atoms with Gasteiger partial charge < -0.3 is 14.6 Å². The van der Waals surface area contributed by atoms with Gasteiger partial charge in [-0.15, -0.1) is 0 Å². The molecule has 28 heavy (non-hydrogen) atoms. The van der Waals surface area contributed by atoms with E-state index in [0.717, 1.165) is 5.75 Å². The molecule has 138 valence electrons. The third kappa shape index (κ3) is 4.07. The Balaban J connectivity index is 1.50. The summed E-state index contributed by atoms with van der Waals surface area (Å²) in [4.78, 5) is 16.8. The average Bonchev–Trinajstić information content (AvgIpc) is 3.23. The van der Waals surface area contributed by atoms with E-state index in [1.165, 1.54) is 0 Å². The number of hydrogen-bond acceptors (Lipinski definition) is 5. The minimum atomic E-state index is -0.208. The van der Waals surface area contributed by atoms with Crippen LogP contribution in [0.4, 0.5) is 5.69 Å². The number of para-hydroxylation sites is 2. The Bertz CT molecular complexity index is 1060. The van der Waals surface area contributed by atoms with Crippen molar-refractivity contribution in [2.75, 3.05) is 5.32 Å². The summed E-state index contributed by atoms with van der Waals surface area (Å²) in [6.07, 6.45) is 0. The van der Waals surface area contributed by atoms with Gasteiger partial charge >= 0.3 is 0 Å². The van der Waals surface area contributed by atoms with Gasteiger partial charge in [0.25, 0.3) is 11.8 Å². The summed E-state index contributed by atoms with van der Waals surface area (Å²) in [5, 5.41) is 6.86. The summed E-state index contributed by atoms with van der Waals surface area (Å²) in [7, 11) is 0. The largest absolute Gasteiger partial charge is 0.485 e. The maximum Gasteiger partial charge on any atom is 0.260 e. The van der Waals surface area contributed by atoms with E-state index in [1.54, 1.807) is 18.2 Å². The Hall–Kier alpha value is -3.93. The van der Waals surface area contributed by atoms with Gasteiger partial charge in [-0.25, -0.2) is 0 Å². The molecule has 0 aliphatic rings. The third-order valence-electron chi connectivity index (χ3n) is 4.02. The lowest BCUT2D eigenvalue weighted by molar-refractivity contribution is 0.102. The van der Waals surface area contributed by atoms with E-state index in [2.05, 4.69) is 15.5 Å². The predicted molar refractivity (Wildman–Crippen MR) is 105 cm³/mol. The quantitative estimate of drug-likeness (QED) is 0.537. The minimum Gasteiger partial charge on any atom is -0.485 e. The number of nitrogens with zero attached hydrogens (tertiary/aromatic N) is 2. The van der Waals surface area contributed by atoms with Gasteiger partial charge in [0.2, 0.25) is 5.82 Å². The van der Waals surface area contributed by atoms with Gasteiger partial charge in [0, 0.05) is 5.56 Å². The average molecular weight is 371 g/mol. The first kappa shape index (κ1) is 17.5. The van der Waals surface area contributed by atoms with Crippen molar-refractivity contribution < 1.29 is 14.1 Å². The van der Waals surface area contributed by atoms with E-state index in [1.807, 2.05) is 66.7 Å². The molecule has 0 saturated carbocycles. The number of carbonyl (C=O) groups is 1. The number of rotatable bonds is 6. The van der Waals surface area contributed by atoms with Crippen LogP contribution >= 0.6 is 0 Å². The molecule has 0 aliphatic carbocycles. The lowest BCUT2D eigenvalue weighted by atomic mass is 10.1. The number of ether oxygens (including phenoxy) is 1. The number of amides is 1. The van der Waals surface area contributed by atoms with Gasteiger partial charge in [0.05, 0.1) is 11.3 Å². The van der Waals surface area contributed by atoms with Crippen molar-refractivity contribution in [3.63, 3.8) is 0 Å². The zero-order valence-corrected chi connectivity index (χ0v) is 14.9. The van der Waals surface area contributed by atoms with Gasteiger partial charge in [-0.3, -0.25) is 4.79 Å². The Kier molecular flexibility index (Phi) is 5.11. The molecule has 4 rings (SSSR count). The van der Waals surface area contributed by atoms with Crippen LogP contribution in [0.25, 0.3) is 11.5 Å². The molecule has 0 bridgehead atoms. The van der Waals surface area contributed by atoms with Crippen molar-refractivity contribution in [2.24, 2.45) is 0 Å². The Morgan fingerprint density at radius 3 is 2.36 bits per heavy atom. The summed E-state index contributed by atoms with van der Waals surface area (Å²) in [6.45, 7) is 0.187. The highest BCUT2D eigenvalue weighted by Gasteiger charge is 2.15. The zero-order chi connectivity index (χ0) is 19.2. The smallest absolute Gasteiger partial charge is 0.260 e. The minimum absolute atomic E-state index is 0.187. The molecule has 1 N–H and O–H groups in total. The molecule has 0 unspecified atom stereocenters. The molecule has 0 radical (unpaired) electrons. The first-order valence-electron chi connectivity index (χ1n) is 8.76. The fourth-order valence-electron chi connectivity index (χ4n) is 2.65. The number of nitrogens with one attached hydrogen (secondary N) is 1. The van der Waals surface area contributed by atoms with Crippen LogP contribution < -0.4 is 10.1 Å². The van der Waals surface area contributed by atoms with Gasteiger partial charge in [-0.2, -0.15) is 4.98 Å². The molecule has 1 aromatic heterocycles. The highest BCUT2D eigenvalue weighted by Crippen LogP contribution is 2.27. The Morgan fingerprint density at radius 2 is 1.57 bits per heavy atom. The van der Waals surface area contributed by atoms with Gasteiger partial charge in [0.1, 0.15) is 5.75 Å². The van der Waals surface area contributed by atoms with E-state index in [-0.39, 0.29) is 12.5 Å². The van der Waals surface area contributed by atoms with Gasteiger partial charge in [-0.1, -0.05) is 53.7 Å². The number of carbonyl (C=O) groups excluding carboxylic acids is 1. The molecule has 6 nitrogen and oxygen atoms in total. The van der Waals surface area contributed by atoms with Crippen LogP contribution in [0.5, 0.6) is 5.75 Å². The number of aromatic nitrogens is 2. The number of benzene rings is 3.